The van der Waals surface area contributed by atoms with Gasteiger partial charge >= 0.3 is 25.8 Å². The molecule has 0 unspecified atom stereocenters. The van der Waals surface area contributed by atoms with Gasteiger partial charge in [-0.25, -0.2) is 23.3 Å². The molecule has 2 aliphatic rings. The Morgan fingerprint density at radius 1 is 0.628 bits per heavy atom. The molecule has 0 fully saturated rings. The number of fused-ring (bicyclic) bond motifs is 2. The molecule has 0 aromatic heterocycles. The molecule has 2 nitrogen and oxygen atoms in total. The molecule has 43 heavy (non-hydrogen) atoms. The summed E-state index contributed by atoms with van der Waals surface area (Å²) in [7, 11) is -3.94. The number of hydrogen-bond donors (Lipinski definition) is 0. The molecule has 234 valence electrons. The van der Waals surface area contributed by atoms with Crippen LogP contribution in [0.1, 0.15) is 115 Å². The Kier molecular flexibility index (Phi) is 15.2. The average Bonchev–Trinajstić information content (AvgIpc) is 3.40. The van der Waals surface area contributed by atoms with Gasteiger partial charge in [-0.15, -0.1) is 23.3 Å². The molecule has 0 amide bonds. The van der Waals surface area contributed by atoms with Crippen molar-refractivity contribution in [1.29, 1.82) is 0 Å². The molecule has 0 saturated carbocycles. The van der Waals surface area contributed by atoms with Gasteiger partial charge in [0, 0.05) is 0 Å². The van der Waals surface area contributed by atoms with E-state index < -0.39 is 16.6 Å². The zero-order valence-electron chi connectivity index (χ0n) is 28.1. The molecule has 0 radical (unpaired) electrons. The van der Waals surface area contributed by atoms with Crippen LogP contribution in [-0.4, -0.2) is 16.6 Å². The van der Waals surface area contributed by atoms with Crippen LogP contribution in [0, 0.1) is 12.2 Å². The van der Waals surface area contributed by atoms with Crippen LogP contribution in [-0.2, 0) is 34.7 Å². The van der Waals surface area contributed by atoms with E-state index in [0.717, 1.165) is 12.8 Å². The van der Waals surface area contributed by atoms with Crippen molar-refractivity contribution >= 4 is 27.8 Å². The summed E-state index contributed by atoms with van der Waals surface area (Å²) in [6.07, 6.45) is 14.1. The van der Waals surface area contributed by atoms with Crippen molar-refractivity contribution in [2.45, 2.75) is 129 Å². The molecule has 0 aliphatic heterocycles. The van der Waals surface area contributed by atoms with E-state index in [2.05, 4.69) is 128 Å². The van der Waals surface area contributed by atoms with E-state index in [0.29, 0.717) is 0 Å². The summed E-state index contributed by atoms with van der Waals surface area (Å²) in [5.74, 6) is 0. The van der Waals surface area contributed by atoms with Gasteiger partial charge in [-0.1, -0.05) is 104 Å². The third-order valence-electron chi connectivity index (χ3n) is 10.2. The van der Waals surface area contributed by atoms with Gasteiger partial charge in [0.15, 0.2) is 16.6 Å². The van der Waals surface area contributed by atoms with E-state index in [-0.39, 0.29) is 72.9 Å². The maximum Gasteiger partial charge on any atom is 4.00 e. The topological polar surface area (TPSA) is 18.5 Å². The van der Waals surface area contributed by atoms with Crippen molar-refractivity contribution in [2.24, 2.45) is 0 Å². The van der Waals surface area contributed by atoms with E-state index in [1.165, 1.54) is 59.1 Å². The molecule has 0 N–H and O–H groups in total. The van der Waals surface area contributed by atoms with Crippen molar-refractivity contribution in [3.8, 4) is 0 Å². The predicted octanol–water partition coefficient (Wildman–Crippen LogP) is 5.26. The van der Waals surface area contributed by atoms with E-state index in [9.17, 15) is 0 Å². The second kappa shape index (κ2) is 16.0. The molecule has 4 rings (SSSR count). The molecule has 2 aromatic carbocycles. The summed E-state index contributed by atoms with van der Waals surface area (Å²) < 4.78 is 14.0. The maximum atomic E-state index is 6.99. The Morgan fingerprint density at radius 3 is 1.28 bits per heavy atom. The molecular formula is C36H52Cl2HfO2Si2. The van der Waals surface area contributed by atoms with Gasteiger partial charge in [0.05, 0.1) is 0 Å². The molecule has 0 spiro atoms. The fraction of sp³-hybridized carbons (Fsp3) is 0.556. The molecule has 0 saturated heterocycles. The predicted molar refractivity (Wildman–Crippen MR) is 176 cm³/mol. The number of benzene rings is 2. The van der Waals surface area contributed by atoms with Gasteiger partial charge in [0.25, 0.3) is 0 Å². The number of rotatable bonds is 13. The standard InChI is InChI=1S/C36H52O2Si2.2ClH.Hf/c1-11-23-35(3,4)39(7,8)37-33-25-27(29-17-13-15-19-31(29)33)21-22-28-26-34(32-20-16-14-18-30(28)32)38-40(9,10)36(5,6)24-12-2;;;/h13-20,33-34H,11-12,21-24H2,1-10H3;2*1H;/q-2;;;+4/p-2/t33-,34+;;;. The molecule has 0 bridgehead atoms. The van der Waals surface area contributed by atoms with Crippen LogP contribution in [0.15, 0.2) is 48.5 Å². The summed E-state index contributed by atoms with van der Waals surface area (Å²) in [5, 5.41) is 0.429. The van der Waals surface area contributed by atoms with Crippen molar-refractivity contribution in [3.05, 3.63) is 82.9 Å². The number of allylic oxidation sites excluding steroid dienone is 2. The SMILES string of the molecule is CCCC(C)(C)[Si](C)(C)O[C@H]1[C-]=C(CCC2=[C-][C@@H](O[Si](C)(C)C(C)(C)CCC)c3ccccc32)c2ccccc21.[Cl-].[Cl-].[Hf+4]. The minimum Gasteiger partial charge on any atom is -1.00 e. The Balaban J connectivity index is 0.00000308. The third-order valence-corrected chi connectivity index (χ3v) is 18.9. The van der Waals surface area contributed by atoms with Gasteiger partial charge in [0.1, 0.15) is 0 Å². The molecule has 2 aromatic rings. The summed E-state index contributed by atoms with van der Waals surface area (Å²) in [5.41, 5.74) is 7.74. The van der Waals surface area contributed by atoms with E-state index in [4.69, 9.17) is 8.85 Å². The number of hydrogen-bond acceptors (Lipinski definition) is 2. The minimum absolute atomic E-state index is 0. The molecular weight excluding hydrogens is 770 g/mol. The van der Waals surface area contributed by atoms with Crippen molar-refractivity contribution < 1.29 is 59.5 Å². The van der Waals surface area contributed by atoms with Crippen LogP contribution in [0.25, 0.3) is 11.1 Å². The van der Waals surface area contributed by atoms with Crippen molar-refractivity contribution in [3.63, 3.8) is 0 Å². The second-order valence-electron chi connectivity index (χ2n) is 14.2. The second-order valence-corrected chi connectivity index (χ2v) is 23.4. The zero-order valence-corrected chi connectivity index (χ0v) is 35.2. The van der Waals surface area contributed by atoms with Gasteiger partial charge in [-0.05, 0) is 61.3 Å². The van der Waals surface area contributed by atoms with Crippen LogP contribution < -0.4 is 24.8 Å². The summed E-state index contributed by atoms with van der Waals surface area (Å²) >= 11 is 0. The summed E-state index contributed by atoms with van der Waals surface area (Å²) in [6.45, 7) is 23.6. The smallest absolute Gasteiger partial charge is 1.00 e. The van der Waals surface area contributed by atoms with Crippen molar-refractivity contribution in [1.82, 2.24) is 0 Å². The van der Waals surface area contributed by atoms with Gasteiger partial charge in [0.2, 0.25) is 0 Å². The first-order chi connectivity index (χ1) is 18.7. The fourth-order valence-electron chi connectivity index (χ4n) is 6.24. The summed E-state index contributed by atoms with van der Waals surface area (Å²) in [4.78, 5) is 0. The molecule has 2 atom stereocenters. The van der Waals surface area contributed by atoms with Crippen LogP contribution in [0.5, 0.6) is 0 Å². The molecule has 7 heteroatoms. The quantitative estimate of drug-likeness (QED) is 0.203. The molecule has 0 heterocycles. The fourth-order valence-corrected chi connectivity index (χ4v) is 10.1. The Morgan fingerprint density at radius 2 is 0.953 bits per heavy atom. The van der Waals surface area contributed by atoms with E-state index in [1.54, 1.807) is 0 Å². The summed E-state index contributed by atoms with van der Waals surface area (Å²) in [6, 6.07) is 17.6. The zero-order chi connectivity index (χ0) is 29.3. The van der Waals surface area contributed by atoms with Crippen LogP contribution in [0.2, 0.25) is 36.3 Å². The van der Waals surface area contributed by atoms with Crippen LogP contribution >= 0.6 is 0 Å². The average molecular weight is 822 g/mol. The maximum absolute atomic E-state index is 6.99. The van der Waals surface area contributed by atoms with Gasteiger partial charge < -0.3 is 33.7 Å². The van der Waals surface area contributed by atoms with Crippen LogP contribution in [0.3, 0.4) is 0 Å². The molecule has 2 aliphatic carbocycles. The Bertz CT molecular complexity index is 1170. The Hall–Kier alpha value is -0.276. The van der Waals surface area contributed by atoms with Gasteiger partial charge in [-0.2, -0.15) is 11.1 Å². The van der Waals surface area contributed by atoms with E-state index in [1.807, 2.05) is 0 Å². The first kappa shape index (κ1) is 40.7. The van der Waals surface area contributed by atoms with E-state index >= 15 is 0 Å². The number of halogens is 2. The van der Waals surface area contributed by atoms with Crippen LogP contribution in [0.4, 0.5) is 0 Å². The third kappa shape index (κ3) is 8.75. The monoisotopic (exact) mass is 822 g/mol. The van der Waals surface area contributed by atoms with Crippen molar-refractivity contribution in [2.75, 3.05) is 0 Å². The minimum atomic E-state index is -1.97. The normalized spacial score (nSPS) is 18.0. The Labute approximate surface area is 296 Å². The first-order valence-corrected chi connectivity index (χ1v) is 21.3. The van der Waals surface area contributed by atoms with Gasteiger partial charge in [-0.3, -0.25) is 0 Å². The first-order valence-electron chi connectivity index (χ1n) is 15.5. The largest absolute Gasteiger partial charge is 4.00 e.